The summed E-state index contributed by atoms with van der Waals surface area (Å²) in [5, 5.41) is 14.7. The molecule has 0 saturated carbocycles. The minimum Gasteiger partial charge on any atom is -0.870 e. The van der Waals surface area contributed by atoms with E-state index < -0.39 is 0 Å². The smallest absolute Gasteiger partial charge is 0.272 e. The Kier molecular flexibility index (Phi) is 3.55. The summed E-state index contributed by atoms with van der Waals surface area (Å²) >= 11 is 0. The fraction of sp³-hybridized carbons (Fsp3) is 0.118. The van der Waals surface area contributed by atoms with Crippen LogP contribution in [0, 0.1) is 6.92 Å². The molecule has 1 aromatic heterocycles. The second kappa shape index (κ2) is 5.42. The van der Waals surface area contributed by atoms with Gasteiger partial charge in [0, 0.05) is 29.9 Å². The van der Waals surface area contributed by atoms with Gasteiger partial charge in [-0.2, -0.15) is 5.43 Å². The van der Waals surface area contributed by atoms with E-state index in [0.717, 1.165) is 27.4 Å². The summed E-state index contributed by atoms with van der Waals surface area (Å²) in [6, 6.07) is 12.1. The molecule has 4 rings (SSSR count). The number of nitrogens with zero attached hydrogens (tertiary/aromatic N) is 3. The Balaban J connectivity index is 0.00000156. The van der Waals surface area contributed by atoms with Gasteiger partial charge in [-0.1, -0.05) is 24.3 Å². The minimum atomic E-state index is 0. The van der Waals surface area contributed by atoms with Crippen LogP contribution in [-0.2, 0) is 0 Å². The van der Waals surface area contributed by atoms with Crippen LogP contribution in [0.25, 0.3) is 11.9 Å². The maximum Gasteiger partial charge on any atom is 0.272 e. The predicted octanol–water partition coefficient (Wildman–Crippen LogP) is -0.269. The summed E-state index contributed by atoms with van der Waals surface area (Å²) < 4.78 is 0. The number of hydrogen-bond donors (Lipinski definition) is 2. The number of nitrogens with two attached hydrogens (primary N) is 1. The van der Waals surface area contributed by atoms with Crippen LogP contribution in [0.4, 0.5) is 5.82 Å². The van der Waals surface area contributed by atoms with E-state index in [9.17, 15) is 5.11 Å². The fourth-order valence-electron chi connectivity index (χ4n) is 2.94. The predicted molar refractivity (Wildman–Crippen MR) is 86.3 cm³/mol. The largest absolute Gasteiger partial charge is 0.870 e. The lowest BCUT2D eigenvalue weighted by molar-refractivity contribution is -0.568. The van der Waals surface area contributed by atoms with Gasteiger partial charge in [0.2, 0.25) is 0 Å². The molecule has 0 radical (unpaired) electrons. The minimum absolute atomic E-state index is 0. The molecule has 0 saturated heterocycles. The van der Waals surface area contributed by atoms with Crippen molar-refractivity contribution < 1.29 is 16.0 Å². The lowest BCUT2D eigenvalue weighted by Gasteiger charge is -2.16. The molecule has 0 spiro atoms. The number of aryl methyl sites for hydroxylation is 1. The van der Waals surface area contributed by atoms with Gasteiger partial charge in [-0.25, -0.2) is 4.98 Å². The van der Waals surface area contributed by atoms with E-state index >= 15 is 0 Å². The van der Waals surface area contributed by atoms with Gasteiger partial charge in [-0.3, -0.25) is 0 Å². The quantitative estimate of drug-likeness (QED) is 0.708. The molecule has 1 aromatic carbocycles. The first-order valence-electron chi connectivity index (χ1n) is 7.19. The lowest BCUT2D eigenvalue weighted by Crippen LogP contribution is -2.90. The van der Waals surface area contributed by atoms with E-state index in [0.29, 0.717) is 5.82 Å². The number of fused-ring (bicyclic) bond motifs is 2. The average Bonchev–Trinajstić information content (AvgIpc) is 2.87. The standard InChI is InChI=1S/C17H16N4O.H2O/c1-11-7-8-14(18-9-11)21-17(22)16-15(19-21)13-6-4-3-5-12(13)10-20(16)2;/h3-10,19,22H,1-2H3;1H2. The monoisotopic (exact) mass is 310 g/mol. The molecule has 2 aromatic rings. The van der Waals surface area contributed by atoms with Crippen molar-refractivity contribution in [1.29, 1.82) is 0 Å². The highest BCUT2D eigenvalue weighted by Crippen LogP contribution is 2.24. The molecule has 0 bridgehead atoms. The van der Waals surface area contributed by atoms with Crippen LogP contribution in [0.3, 0.4) is 0 Å². The van der Waals surface area contributed by atoms with Crippen molar-refractivity contribution in [2.75, 3.05) is 12.1 Å². The third-order valence-corrected chi connectivity index (χ3v) is 4.03. The van der Waals surface area contributed by atoms with Crippen molar-refractivity contribution in [2.45, 2.75) is 6.92 Å². The molecule has 0 fully saturated rings. The van der Waals surface area contributed by atoms with E-state index in [1.165, 1.54) is 0 Å². The van der Waals surface area contributed by atoms with E-state index in [1.807, 2.05) is 54.8 Å². The Morgan fingerprint density at radius 2 is 1.91 bits per heavy atom. The molecule has 0 unspecified atom stereocenters. The van der Waals surface area contributed by atoms with Crippen molar-refractivity contribution in [3.63, 3.8) is 0 Å². The van der Waals surface area contributed by atoms with Crippen molar-refractivity contribution >= 4 is 17.7 Å². The van der Waals surface area contributed by atoms with Gasteiger partial charge in [-0.05, 0) is 24.6 Å². The Bertz CT molecular complexity index is 903. The van der Waals surface area contributed by atoms with Crippen LogP contribution in [0.15, 0.2) is 54.2 Å². The molecule has 0 amide bonds. The molecular weight excluding hydrogens is 292 g/mol. The number of anilines is 1. The first-order valence-corrected chi connectivity index (χ1v) is 7.19. The van der Waals surface area contributed by atoms with Gasteiger partial charge in [0.15, 0.2) is 17.2 Å². The summed E-state index contributed by atoms with van der Waals surface area (Å²) in [4.78, 5) is 6.36. The van der Waals surface area contributed by atoms with Crippen LogP contribution < -0.4 is 20.9 Å². The molecule has 6 heteroatoms. The van der Waals surface area contributed by atoms with E-state index in [-0.39, 0.29) is 11.4 Å². The summed E-state index contributed by atoms with van der Waals surface area (Å²) in [6.07, 6.45) is 3.84. The van der Waals surface area contributed by atoms with Gasteiger partial charge < -0.3 is 15.5 Å². The van der Waals surface area contributed by atoms with Crippen LogP contribution in [0.5, 0.6) is 0 Å². The highest BCUT2D eigenvalue weighted by atomic mass is 16.3. The van der Waals surface area contributed by atoms with Gasteiger partial charge in [0.1, 0.15) is 0 Å². The lowest BCUT2D eigenvalue weighted by atomic mass is 10.1. The zero-order chi connectivity index (χ0) is 15.3. The SMILES string of the molecule is Cc1ccc(N2[NH2+]C3=c4ccccc4=CN(C)C3=C2O)nc1.[OH-]. The van der Waals surface area contributed by atoms with Gasteiger partial charge in [0.05, 0.1) is 0 Å². The van der Waals surface area contributed by atoms with E-state index in [2.05, 4.69) is 17.1 Å². The summed E-state index contributed by atoms with van der Waals surface area (Å²) in [5.41, 5.74) is 4.86. The maximum atomic E-state index is 10.7. The Morgan fingerprint density at radius 3 is 2.65 bits per heavy atom. The Hall–Kier alpha value is -2.83. The highest BCUT2D eigenvalue weighted by molar-refractivity contribution is 5.67. The number of hydrogen-bond acceptors (Lipinski definition) is 5. The van der Waals surface area contributed by atoms with E-state index in [4.69, 9.17) is 0 Å². The Morgan fingerprint density at radius 1 is 1.13 bits per heavy atom. The van der Waals surface area contributed by atoms with Crippen LogP contribution >= 0.6 is 0 Å². The highest BCUT2D eigenvalue weighted by Gasteiger charge is 2.37. The third kappa shape index (κ3) is 2.25. The number of aromatic nitrogens is 1. The number of rotatable bonds is 1. The fourth-order valence-corrected chi connectivity index (χ4v) is 2.94. The van der Waals surface area contributed by atoms with Crippen LogP contribution in [0.2, 0.25) is 0 Å². The number of quaternary nitrogens is 1. The first kappa shape index (κ1) is 15.1. The molecule has 2 aliphatic rings. The molecule has 3 heterocycles. The molecule has 4 N–H and O–H groups in total. The molecule has 118 valence electrons. The zero-order valence-electron chi connectivity index (χ0n) is 12.9. The van der Waals surface area contributed by atoms with E-state index in [1.54, 1.807) is 11.2 Å². The molecular formula is C17H18N4O2. The van der Waals surface area contributed by atoms with Crippen molar-refractivity contribution in [2.24, 2.45) is 0 Å². The van der Waals surface area contributed by atoms with Crippen molar-refractivity contribution in [3.05, 3.63) is 70.2 Å². The summed E-state index contributed by atoms with van der Waals surface area (Å²) in [5.74, 6) is 0.919. The topological polar surface area (TPSA) is 86.2 Å². The molecule has 23 heavy (non-hydrogen) atoms. The number of benzene rings is 1. The Labute approximate surface area is 133 Å². The normalized spacial score (nSPS) is 15.8. The van der Waals surface area contributed by atoms with Gasteiger partial charge in [-0.15, -0.1) is 5.01 Å². The number of pyridine rings is 1. The molecule has 6 nitrogen and oxygen atoms in total. The molecule has 0 atom stereocenters. The number of aliphatic hydroxyl groups excluding tert-OH is 1. The van der Waals surface area contributed by atoms with Crippen LogP contribution in [0.1, 0.15) is 5.56 Å². The van der Waals surface area contributed by atoms with Crippen LogP contribution in [-0.4, -0.2) is 27.5 Å². The average molecular weight is 310 g/mol. The zero-order valence-corrected chi connectivity index (χ0v) is 12.9. The first-order chi connectivity index (χ1) is 10.6. The van der Waals surface area contributed by atoms with Crippen molar-refractivity contribution in [1.82, 2.24) is 9.88 Å². The second-order valence-corrected chi connectivity index (χ2v) is 5.61. The van der Waals surface area contributed by atoms with Crippen molar-refractivity contribution in [3.8, 4) is 0 Å². The van der Waals surface area contributed by atoms with Gasteiger partial charge >= 0.3 is 0 Å². The number of likely N-dealkylation sites (N-methyl/N-ethyl adjacent to an activating group) is 1. The summed E-state index contributed by atoms with van der Waals surface area (Å²) in [7, 11) is 1.95. The second-order valence-electron chi connectivity index (χ2n) is 5.61. The number of aliphatic hydroxyl groups is 1. The van der Waals surface area contributed by atoms with Gasteiger partial charge in [0.25, 0.3) is 5.88 Å². The summed E-state index contributed by atoms with van der Waals surface area (Å²) in [6.45, 7) is 2.00. The maximum absolute atomic E-state index is 10.7. The third-order valence-electron chi connectivity index (χ3n) is 4.03. The molecule has 0 aliphatic carbocycles. The molecule has 2 aliphatic heterocycles.